The summed E-state index contributed by atoms with van der Waals surface area (Å²) in [5, 5.41) is 0.572. The zero-order valence-corrected chi connectivity index (χ0v) is 15.5. The Bertz CT molecular complexity index is 449. The summed E-state index contributed by atoms with van der Waals surface area (Å²) in [6, 6.07) is 0. The van der Waals surface area contributed by atoms with Crippen molar-refractivity contribution >= 4 is 57.1 Å². The average Bonchev–Trinajstić information content (AvgIpc) is 2.75. The molecule has 0 aromatic rings. The van der Waals surface area contributed by atoms with Gasteiger partial charge in [0.05, 0.1) is 0 Å². The maximum absolute atomic E-state index is 12.2. The number of nitrogens with zero attached hydrogens (tertiary/aromatic N) is 1. The summed E-state index contributed by atoms with van der Waals surface area (Å²) in [6.45, 7) is 5.48. The molecule has 2 amide bonds. The van der Waals surface area contributed by atoms with Gasteiger partial charge in [-0.1, -0.05) is 43.7 Å². The molecule has 0 aromatic heterocycles. The average molecular weight is 364 g/mol. The predicted molar refractivity (Wildman–Crippen MR) is 93.4 cm³/mol. The van der Waals surface area contributed by atoms with Gasteiger partial charge in [0, 0.05) is 12.8 Å². The van der Waals surface area contributed by atoms with Crippen LogP contribution >= 0.6 is 35.7 Å². The molecule has 22 heavy (non-hydrogen) atoms. The van der Waals surface area contributed by atoms with Crippen molar-refractivity contribution in [2.24, 2.45) is 0 Å². The highest BCUT2D eigenvalue weighted by Crippen LogP contribution is 2.33. The van der Waals surface area contributed by atoms with Gasteiger partial charge in [0.25, 0.3) is 11.8 Å². The van der Waals surface area contributed by atoms with Gasteiger partial charge >= 0.3 is 5.97 Å². The monoisotopic (exact) mass is 363 g/mol. The first-order chi connectivity index (χ1) is 10.3. The standard InChI is InChI=1S/C14H21NO4S3/c1-4-5-6-9-21-13(20)22-14(2,3)12(18)19-15-10(16)7-8-11(15)17/h4-9H2,1-3H3. The van der Waals surface area contributed by atoms with Crippen LogP contribution in [-0.2, 0) is 19.2 Å². The third-order valence-corrected chi connectivity index (χ3v) is 5.76. The summed E-state index contributed by atoms with van der Waals surface area (Å²) in [5.41, 5.74) is 0. The van der Waals surface area contributed by atoms with Gasteiger partial charge < -0.3 is 4.84 Å². The number of hydroxylamine groups is 2. The molecule has 0 aliphatic carbocycles. The molecule has 0 radical (unpaired) electrons. The first-order valence-electron chi connectivity index (χ1n) is 7.22. The van der Waals surface area contributed by atoms with Crippen molar-refractivity contribution in [1.82, 2.24) is 5.06 Å². The molecule has 0 N–H and O–H groups in total. The highest BCUT2D eigenvalue weighted by atomic mass is 32.2. The van der Waals surface area contributed by atoms with Crippen LogP contribution in [0.2, 0.25) is 0 Å². The van der Waals surface area contributed by atoms with E-state index in [0.29, 0.717) is 8.59 Å². The third kappa shape index (κ3) is 5.89. The maximum atomic E-state index is 12.2. The number of unbranched alkanes of at least 4 members (excludes halogenated alkanes) is 2. The molecule has 1 rings (SSSR count). The Labute approximate surface area is 144 Å². The largest absolute Gasteiger partial charge is 0.348 e. The molecule has 0 bridgehead atoms. The van der Waals surface area contributed by atoms with Crippen LogP contribution in [0, 0.1) is 0 Å². The molecule has 5 nitrogen and oxygen atoms in total. The molecule has 124 valence electrons. The third-order valence-electron chi connectivity index (χ3n) is 2.98. The van der Waals surface area contributed by atoms with Gasteiger partial charge in [-0.2, -0.15) is 0 Å². The minimum atomic E-state index is -0.946. The molecule has 1 saturated heterocycles. The van der Waals surface area contributed by atoms with Crippen LogP contribution < -0.4 is 0 Å². The molecule has 0 aromatic carbocycles. The lowest BCUT2D eigenvalue weighted by Gasteiger charge is -2.23. The van der Waals surface area contributed by atoms with E-state index in [1.165, 1.54) is 11.8 Å². The highest BCUT2D eigenvalue weighted by Gasteiger charge is 2.39. The Morgan fingerprint density at radius 1 is 1.27 bits per heavy atom. The van der Waals surface area contributed by atoms with Gasteiger partial charge in [0.2, 0.25) is 0 Å². The number of amides is 2. The minimum absolute atomic E-state index is 0.0887. The molecular weight excluding hydrogens is 342 g/mol. The molecule has 0 atom stereocenters. The molecule has 1 aliphatic rings. The zero-order valence-electron chi connectivity index (χ0n) is 13.0. The fourth-order valence-corrected chi connectivity index (χ4v) is 4.68. The Morgan fingerprint density at radius 3 is 2.41 bits per heavy atom. The number of hydrogen-bond acceptors (Lipinski definition) is 7. The summed E-state index contributed by atoms with van der Waals surface area (Å²) >= 11 is 8.04. The van der Waals surface area contributed by atoms with Crippen molar-refractivity contribution in [3.8, 4) is 0 Å². The quantitative estimate of drug-likeness (QED) is 0.390. The molecule has 0 saturated carbocycles. The van der Waals surface area contributed by atoms with Crippen molar-refractivity contribution in [3.63, 3.8) is 0 Å². The van der Waals surface area contributed by atoms with Crippen LogP contribution in [0.3, 0.4) is 0 Å². The van der Waals surface area contributed by atoms with E-state index >= 15 is 0 Å². The van der Waals surface area contributed by atoms with Crippen LogP contribution in [0.15, 0.2) is 0 Å². The Balaban J connectivity index is 2.47. The summed E-state index contributed by atoms with van der Waals surface area (Å²) in [5.74, 6) is -0.669. The van der Waals surface area contributed by atoms with Crippen molar-refractivity contribution in [3.05, 3.63) is 0 Å². The summed E-state index contributed by atoms with van der Waals surface area (Å²) in [6.07, 6.45) is 3.57. The first-order valence-corrected chi connectivity index (χ1v) is 9.43. The summed E-state index contributed by atoms with van der Waals surface area (Å²) < 4.78 is -0.282. The normalized spacial score (nSPS) is 15.3. The van der Waals surface area contributed by atoms with E-state index in [0.717, 1.165) is 25.0 Å². The molecule has 1 heterocycles. The van der Waals surface area contributed by atoms with Crippen LogP contribution in [0.5, 0.6) is 0 Å². The predicted octanol–water partition coefficient (Wildman–Crippen LogP) is 3.31. The van der Waals surface area contributed by atoms with E-state index in [9.17, 15) is 14.4 Å². The van der Waals surface area contributed by atoms with Gasteiger partial charge in [-0.25, -0.2) is 4.79 Å². The van der Waals surface area contributed by atoms with Crippen LogP contribution in [0.4, 0.5) is 0 Å². The highest BCUT2D eigenvalue weighted by molar-refractivity contribution is 8.47. The molecule has 0 spiro atoms. The van der Waals surface area contributed by atoms with E-state index < -0.39 is 22.5 Å². The number of thiocarbonyl (C=S) groups is 1. The second kappa shape index (κ2) is 8.88. The first kappa shape index (κ1) is 19.4. The summed E-state index contributed by atoms with van der Waals surface area (Å²) in [7, 11) is 0. The zero-order chi connectivity index (χ0) is 16.8. The van der Waals surface area contributed by atoms with E-state index in [1.807, 2.05) is 0 Å². The van der Waals surface area contributed by atoms with Crippen LogP contribution in [0.25, 0.3) is 0 Å². The number of thioether (sulfide) groups is 2. The Kier molecular flexibility index (Phi) is 7.85. The van der Waals surface area contributed by atoms with Crippen molar-refractivity contribution in [2.75, 3.05) is 5.75 Å². The summed E-state index contributed by atoms with van der Waals surface area (Å²) in [4.78, 5) is 40.0. The number of carbonyl (C=O) groups is 3. The van der Waals surface area contributed by atoms with E-state index in [4.69, 9.17) is 17.1 Å². The van der Waals surface area contributed by atoms with Gasteiger partial charge in [-0.15, -0.1) is 16.8 Å². The lowest BCUT2D eigenvalue weighted by atomic mass is 10.2. The second-order valence-electron chi connectivity index (χ2n) is 5.38. The van der Waals surface area contributed by atoms with Crippen LogP contribution in [-0.4, -0.2) is 36.9 Å². The van der Waals surface area contributed by atoms with Gasteiger partial charge in [0.15, 0.2) is 0 Å². The number of hydrogen-bond donors (Lipinski definition) is 0. The molecule has 1 aliphatic heterocycles. The fourth-order valence-electron chi connectivity index (χ4n) is 1.64. The minimum Gasteiger partial charge on any atom is -0.329 e. The van der Waals surface area contributed by atoms with Crippen molar-refractivity contribution in [1.29, 1.82) is 0 Å². The topological polar surface area (TPSA) is 63.7 Å². The number of imide groups is 1. The van der Waals surface area contributed by atoms with Gasteiger partial charge in [0.1, 0.15) is 8.28 Å². The maximum Gasteiger partial charge on any atom is 0.348 e. The second-order valence-corrected chi connectivity index (χ2v) is 9.30. The van der Waals surface area contributed by atoms with E-state index in [1.54, 1.807) is 25.6 Å². The fraction of sp³-hybridized carbons (Fsp3) is 0.714. The smallest absolute Gasteiger partial charge is 0.329 e. The van der Waals surface area contributed by atoms with E-state index in [2.05, 4.69) is 6.92 Å². The molecular formula is C14H21NO4S3. The van der Waals surface area contributed by atoms with Gasteiger partial charge in [-0.05, 0) is 26.0 Å². The molecule has 1 fully saturated rings. The number of rotatable bonds is 7. The lowest BCUT2D eigenvalue weighted by molar-refractivity contribution is -0.198. The van der Waals surface area contributed by atoms with Gasteiger partial charge in [-0.3, -0.25) is 9.59 Å². The van der Waals surface area contributed by atoms with Crippen molar-refractivity contribution in [2.45, 2.75) is 57.6 Å². The Hall–Kier alpha value is -0.600. The SMILES string of the molecule is CCCCCSC(=S)SC(C)(C)C(=O)ON1C(=O)CCC1=O. The molecule has 0 unspecified atom stereocenters. The lowest BCUT2D eigenvalue weighted by Crippen LogP contribution is -2.40. The molecule has 8 heteroatoms. The van der Waals surface area contributed by atoms with Crippen molar-refractivity contribution < 1.29 is 19.2 Å². The number of carbonyl (C=O) groups excluding carboxylic acids is 3. The Morgan fingerprint density at radius 2 is 1.86 bits per heavy atom. The van der Waals surface area contributed by atoms with E-state index in [-0.39, 0.29) is 12.8 Å². The van der Waals surface area contributed by atoms with Crippen LogP contribution in [0.1, 0.15) is 52.9 Å².